The van der Waals surface area contributed by atoms with Crippen molar-refractivity contribution in [1.29, 1.82) is 0 Å². The van der Waals surface area contributed by atoms with Gasteiger partial charge in [-0.15, -0.1) is 0 Å². The van der Waals surface area contributed by atoms with Crippen LogP contribution in [0.1, 0.15) is 61.5 Å². The van der Waals surface area contributed by atoms with Gasteiger partial charge in [-0.1, -0.05) is 115 Å². The van der Waals surface area contributed by atoms with Crippen molar-refractivity contribution in [2.75, 3.05) is 7.11 Å². The number of ketones is 3. The molecular weight excluding hydrogens is 460 g/mol. The molecule has 4 aromatic carbocycles. The lowest BCUT2D eigenvalue weighted by atomic mass is 9.81. The second kappa shape index (κ2) is 12.2. The lowest BCUT2D eigenvalue weighted by Gasteiger charge is -2.30. The third kappa shape index (κ3) is 5.99. The summed E-state index contributed by atoms with van der Waals surface area (Å²) < 4.78 is 5.77. The van der Waals surface area contributed by atoms with Crippen molar-refractivity contribution in [3.8, 4) is 0 Å². The van der Waals surface area contributed by atoms with Gasteiger partial charge in [0.1, 0.15) is 0 Å². The fourth-order valence-electron chi connectivity index (χ4n) is 4.55. The van der Waals surface area contributed by atoms with Gasteiger partial charge in [-0.25, -0.2) is 0 Å². The van der Waals surface area contributed by atoms with E-state index in [1.165, 1.54) is 7.11 Å². The molecule has 186 valence electrons. The van der Waals surface area contributed by atoms with E-state index in [4.69, 9.17) is 4.74 Å². The van der Waals surface area contributed by atoms with Crippen LogP contribution in [-0.4, -0.2) is 30.1 Å². The average molecular weight is 491 g/mol. The Hall–Kier alpha value is -4.15. The molecule has 0 saturated heterocycles. The van der Waals surface area contributed by atoms with Gasteiger partial charge in [-0.3, -0.25) is 14.4 Å². The van der Waals surface area contributed by atoms with E-state index < -0.39 is 5.60 Å². The third-order valence-corrected chi connectivity index (χ3v) is 6.65. The molecule has 4 nitrogen and oxygen atoms in total. The van der Waals surface area contributed by atoms with E-state index in [0.717, 1.165) is 18.4 Å². The summed E-state index contributed by atoms with van der Waals surface area (Å²) in [6, 6.07) is 34.5. The molecule has 0 heterocycles. The van der Waals surface area contributed by atoms with Gasteiger partial charge in [0, 0.05) is 29.4 Å². The van der Waals surface area contributed by atoms with Crippen molar-refractivity contribution in [3.63, 3.8) is 0 Å². The lowest BCUT2D eigenvalue weighted by molar-refractivity contribution is 0.00371. The Kier molecular flexibility index (Phi) is 8.55. The van der Waals surface area contributed by atoms with Crippen LogP contribution < -0.4 is 0 Å². The quantitative estimate of drug-likeness (QED) is 0.125. The monoisotopic (exact) mass is 490 g/mol. The minimum absolute atomic E-state index is 0.00382. The number of unbranched alkanes of at least 4 members (excludes halogenated alkanes) is 1. The maximum atomic E-state index is 13.6. The smallest absolute Gasteiger partial charge is 0.202 e. The van der Waals surface area contributed by atoms with Crippen LogP contribution >= 0.6 is 0 Å². The van der Waals surface area contributed by atoms with Gasteiger partial charge < -0.3 is 4.74 Å². The van der Waals surface area contributed by atoms with Crippen molar-refractivity contribution in [2.24, 2.45) is 0 Å². The molecule has 0 spiro atoms. The van der Waals surface area contributed by atoms with E-state index >= 15 is 0 Å². The number of benzene rings is 4. The molecule has 0 amide bonds. The average Bonchev–Trinajstić information content (AvgIpc) is 2.98. The molecule has 0 aliphatic rings. The van der Waals surface area contributed by atoms with Crippen LogP contribution in [0, 0.1) is 0 Å². The summed E-state index contributed by atoms with van der Waals surface area (Å²) in [6.45, 7) is 0. The number of rotatable bonds is 12. The number of hydrogen-bond donors (Lipinski definition) is 0. The first kappa shape index (κ1) is 25.9. The predicted molar refractivity (Wildman–Crippen MR) is 145 cm³/mol. The molecule has 0 atom stereocenters. The second-order valence-electron chi connectivity index (χ2n) is 9.02. The molecule has 4 aromatic rings. The molecular formula is C33H30O4. The fourth-order valence-corrected chi connectivity index (χ4v) is 4.55. The highest BCUT2D eigenvalue weighted by atomic mass is 16.5. The SMILES string of the molecule is COC(CCCCc1ccc(C(=O)c2ccccc2)cc1)(C(=O)c1ccccc1)C(=O)c1ccccc1. The standard InChI is InChI=1S/C33H30O4/c1-37-33(31(35)28-16-7-3-8-17-28,32(36)29-18-9-4-10-19-29)24-12-11-13-25-20-22-27(23-21-25)30(34)26-14-5-2-6-15-26/h2-10,14-23H,11-13,24H2,1H3. The fraction of sp³-hybridized carbons (Fsp3) is 0.182. The number of methoxy groups -OCH3 is 1. The number of Topliss-reactive ketones (excluding diaryl/α,β-unsaturated/α-hetero) is 2. The molecule has 0 N–H and O–H groups in total. The van der Waals surface area contributed by atoms with E-state index in [-0.39, 0.29) is 23.8 Å². The number of carbonyl (C=O) groups excluding carboxylic acids is 3. The van der Waals surface area contributed by atoms with Gasteiger partial charge in [0.05, 0.1) is 0 Å². The highest BCUT2D eigenvalue weighted by Crippen LogP contribution is 2.29. The molecule has 0 aliphatic carbocycles. The van der Waals surface area contributed by atoms with E-state index in [1.807, 2.05) is 66.7 Å². The summed E-state index contributed by atoms with van der Waals surface area (Å²) in [5, 5.41) is 0. The molecule has 0 fully saturated rings. The molecule has 0 radical (unpaired) electrons. The maximum Gasteiger partial charge on any atom is 0.202 e. The zero-order valence-electron chi connectivity index (χ0n) is 20.9. The molecule has 0 aromatic heterocycles. The van der Waals surface area contributed by atoms with Crippen LogP contribution in [0.2, 0.25) is 0 Å². The van der Waals surface area contributed by atoms with E-state index in [2.05, 4.69) is 0 Å². The minimum Gasteiger partial charge on any atom is -0.362 e. The zero-order valence-corrected chi connectivity index (χ0v) is 20.9. The van der Waals surface area contributed by atoms with Crippen molar-refractivity contribution in [1.82, 2.24) is 0 Å². The van der Waals surface area contributed by atoms with Crippen LogP contribution in [0.3, 0.4) is 0 Å². The number of hydrogen-bond acceptors (Lipinski definition) is 4. The largest absolute Gasteiger partial charge is 0.362 e. The summed E-state index contributed by atoms with van der Waals surface area (Å²) in [5.74, 6) is -0.655. The normalized spacial score (nSPS) is 11.2. The Labute approximate surface area is 217 Å². The molecule has 0 unspecified atom stereocenters. The molecule has 37 heavy (non-hydrogen) atoms. The van der Waals surface area contributed by atoms with E-state index in [9.17, 15) is 14.4 Å². The Morgan fingerprint density at radius 3 is 1.46 bits per heavy atom. The van der Waals surface area contributed by atoms with E-state index in [1.54, 1.807) is 48.5 Å². The molecule has 4 rings (SSSR count). The summed E-state index contributed by atoms with van der Waals surface area (Å²) in [4.78, 5) is 39.9. The summed E-state index contributed by atoms with van der Waals surface area (Å²) in [6.07, 6.45) is 2.42. The molecule has 0 bridgehead atoms. The molecule has 0 saturated carbocycles. The third-order valence-electron chi connectivity index (χ3n) is 6.65. The van der Waals surface area contributed by atoms with Crippen LogP contribution in [0.15, 0.2) is 115 Å². The maximum absolute atomic E-state index is 13.6. The Bertz CT molecular complexity index is 1280. The predicted octanol–water partition coefficient (Wildman–Crippen LogP) is 6.78. The van der Waals surface area contributed by atoms with Gasteiger partial charge in [-0.05, 0) is 31.2 Å². The zero-order chi connectivity index (χ0) is 26.1. The highest BCUT2D eigenvalue weighted by molar-refractivity contribution is 6.22. The first-order chi connectivity index (χ1) is 18.0. The topological polar surface area (TPSA) is 60.4 Å². The van der Waals surface area contributed by atoms with Crippen molar-refractivity contribution >= 4 is 17.3 Å². The Balaban J connectivity index is 1.45. The van der Waals surface area contributed by atoms with Gasteiger partial charge in [0.15, 0.2) is 11.4 Å². The Morgan fingerprint density at radius 2 is 1.00 bits per heavy atom. The van der Waals surface area contributed by atoms with Crippen molar-refractivity contribution in [2.45, 2.75) is 31.3 Å². The molecule has 0 aliphatic heterocycles. The first-order valence-corrected chi connectivity index (χ1v) is 12.5. The van der Waals surface area contributed by atoms with Gasteiger partial charge in [-0.2, -0.15) is 0 Å². The lowest BCUT2D eigenvalue weighted by Crippen LogP contribution is -2.48. The highest BCUT2D eigenvalue weighted by Gasteiger charge is 2.46. The number of carbonyl (C=O) groups is 3. The summed E-state index contributed by atoms with van der Waals surface area (Å²) >= 11 is 0. The van der Waals surface area contributed by atoms with Crippen LogP contribution in [-0.2, 0) is 11.2 Å². The molecule has 4 heteroatoms. The Morgan fingerprint density at radius 1 is 0.568 bits per heavy atom. The van der Waals surface area contributed by atoms with Gasteiger partial charge in [0.2, 0.25) is 11.6 Å². The summed E-state index contributed by atoms with van der Waals surface area (Å²) in [5.41, 5.74) is 1.72. The summed E-state index contributed by atoms with van der Waals surface area (Å²) in [7, 11) is 1.43. The van der Waals surface area contributed by atoms with Crippen LogP contribution in [0.25, 0.3) is 0 Å². The van der Waals surface area contributed by atoms with Gasteiger partial charge >= 0.3 is 0 Å². The minimum atomic E-state index is -1.59. The number of ether oxygens (including phenoxy) is 1. The van der Waals surface area contributed by atoms with E-state index in [0.29, 0.717) is 28.7 Å². The van der Waals surface area contributed by atoms with Gasteiger partial charge in [0.25, 0.3) is 0 Å². The first-order valence-electron chi connectivity index (χ1n) is 12.5. The second-order valence-corrected chi connectivity index (χ2v) is 9.02. The van der Waals surface area contributed by atoms with Crippen molar-refractivity contribution < 1.29 is 19.1 Å². The number of aryl methyl sites for hydroxylation is 1. The van der Waals surface area contributed by atoms with Crippen LogP contribution in [0.5, 0.6) is 0 Å². The van der Waals surface area contributed by atoms with Crippen molar-refractivity contribution in [3.05, 3.63) is 143 Å². The van der Waals surface area contributed by atoms with Crippen LogP contribution in [0.4, 0.5) is 0 Å².